The van der Waals surface area contributed by atoms with Gasteiger partial charge in [0.1, 0.15) is 5.82 Å². The Morgan fingerprint density at radius 1 is 1.00 bits per heavy atom. The van der Waals surface area contributed by atoms with Crippen molar-refractivity contribution in [2.45, 2.75) is 0 Å². The number of hydrogen-bond acceptors (Lipinski definition) is 3. The van der Waals surface area contributed by atoms with Gasteiger partial charge in [0.2, 0.25) is 5.92 Å². The second-order valence-electron chi connectivity index (χ2n) is 2.98. The zero-order valence-electron chi connectivity index (χ0n) is 7.88. The van der Waals surface area contributed by atoms with E-state index in [1.807, 2.05) is 0 Å². The van der Waals surface area contributed by atoms with Gasteiger partial charge in [-0.2, -0.15) is 0 Å². The van der Waals surface area contributed by atoms with Crippen LogP contribution in [0.2, 0.25) is 0 Å². The Bertz CT molecular complexity index is 423. The molecule has 0 heterocycles. The highest BCUT2D eigenvalue weighted by Gasteiger charge is 2.34. The van der Waals surface area contributed by atoms with Crippen molar-refractivity contribution in [2.75, 3.05) is 0 Å². The molecule has 84 valence electrons. The highest BCUT2D eigenvalue weighted by molar-refractivity contribution is 6.19. The summed E-state index contributed by atoms with van der Waals surface area (Å²) in [5.74, 6) is -7.34. The van der Waals surface area contributed by atoms with E-state index in [0.29, 0.717) is 0 Å². The number of carbonyl (C=O) groups is 3. The third-order valence-electron chi connectivity index (χ3n) is 1.88. The zero-order chi connectivity index (χ0) is 12.3. The first-order valence-electron chi connectivity index (χ1n) is 4.19. The lowest BCUT2D eigenvalue weighted by molar-refractivity contribution is -0.151. The van der Waals surface area contributed by atoms with Crippen LogP contribution in [-0.2, 0) is 9.59 Å². The molecule has 0 aromatic heterocycles. The SMILES string of the molecule is O=C(O)C(C(=O)O)C(=O)c1ccc(F)cc1. The maximum atomic E-state index is 12.5. The number of rotatable bonds is 4. The van der Waals surface area contributed by atoms with Gasteiger partial charge in [-0.3, -0.25) is 14.4 Å². The van der Waals surface area contributed by atoms with Crippen LogP contribution in [0.15, 0.2) is 24.3 Å². The highest BCUT2D eigenvalue weighted by atomic mass is 19.1. The number of carbonyl (C=O) groups excluding carboxylic acids is 1. The van der Waals surface area contributed by atoms with Crippen LogP contribution in [0.5, 0.6) is 0 Å². The molecule has 0 saturated heterocycles. The van der Waals surface area contributed by atoms with E-state index in [2.05, 4.69) is 0 Å². The molecule has 0 aliphatic heterocycles. The van der Waals surface area contributed by atoms with Gasteiger partial charge < -0.3 is 10.2 Å². The smallest absolute Gasteiger partial charge is 0.325 e. The van der Waals surface area contributed by atoms with Crippen molar-refractivity contribution in [2.24, 2.45) is 5.92 Å². The summed E-state index contributed by atoms with van der Waals surface area (Å²) < 4.78 is 12.5. The van der Waals surface area contributed by atoms with Crippen LogP contribution in [0.25, 0.3) is 0 Å². The Morgan fingerprint density at radius 2 is 1.44 bits per heavy atom. The molecule has 0 fully saturated rings. The van der Waals surface area contributed by atoms with Gasteiger partial charge in [-0.15, -0.1) is 0 Å². The summed E-state index contributed by atoms with van der Waals surface area (Å²) in [6, 6.07) is 3.98. The first kappa shape index (κ1) is 11.8. The van der Waals surface area contributed by atoms with E-state index in [4.69, 9.17) is 10.2 Å². The summed E-state index contributed by atoms with van der Waals surface area (Å²) in [7, 11) is 0. The van der Waals surface area contributed by atoms with Crippen LogP contribution < -0.4 is 0 Å². The maximum absolute atomic E-state index is 12.5. The molecule has 1 aromatic rings. The molecule has 0 spiro atoms. The summed E-state index contributed by atoms with van der Waals surface area (Å²) in [4.78, 5) is 32.5. The summed E-state index contributed by atoms with van der Waals surface area (Å²) in [5, 5.41) is 17.1. The van der Waals surface area contributed by atoms with E-state index in [9.17, 15) is 18.8 Å². The molecule has 2 N–H and O–H groups in total. The van der Waals surface area contributed by atoms with Gasteiger partial charge in [0.05, 0.1) is 0 Å². The van der Waals surface area contributed by atoms with E-state index in [-0.39, 0.29) is 5.56 Å². The zero-order valence-corrected chi connectivity index (χ0v) is 7.88. The largest absolute Gasteiger partial charge is 0.480 e. The van der Waals surface area contributed by atoms with Crippen LogP contribution in [0.3, 0.4) is 0 Å². The average molecular weight is 226 g/mol. The predicted molar refractivity (Wildman–Crippen MR) is 49.5 cm³/mol. The van der Waals surface area contributed by atoms with Crippen LogP contribution in [0.1, 0.15) is 10.4 Å². The second-order valence-corrected chi connectivity index (χ2v) is 2.98. The van der Waals surface area contributed by atoms with E-state index in [0.717, 1.165) is 24.3 Å². The van der Waals surface area contributed by atoms with Gasteiger partial charge in [-0.05, 0) is 24.3 Å². The van der Waals surface area contributed by atoms with Crippen LogP contribution in [0, 0.1) is 11.7 Å². The van der Waals surface area contributed by atoms with Crippen molar-refractivity contribution in [1.29, 1.82) is 0 Å². The van der Waals surface area contributed by atoms with Gasteiger partial charge in [-0.25, -0.2) is 4.39 Å². The average Bonchev–Trinajstić information content (AvgIpc) is 2.17. The third-order valence-corrected chi connectivity index (χ3v) is 1.88. The van der Waals surface area contributed by atoms with Crippen molar-refractivity contribution in [3.63, 3.8) is 0 Å². The molecule has 0 aliphatic carbocycles. The summed E-state index contributed by atoms with van der Waals surface area (Å²) in [6.45, 7) is 0. The minimum absolute atomic E-state index is 0.156. The Hall–Kier alpha value is -2.24. The molecule has 1 aromatic carbocycles. The van der Waals surface area contributed by atoms with E-state index < -0.39 is 29.5 Å². The minimum Gasteiger partial charge on any atom is -0.480 e. The lowest BCUT2D eigenvalue weighted by atomic mass is 9.98. The van der Waals surface area contributed by atoms with Gasteiger partial charge >= 0.3 is 11.9 Å². The summed E-state index contributed by atoms with van der Waals surface area (Å²) in [5.41, 5.74) is -0.156. The summed E-state index contributed by atoms with van der Waals surface area (Å²) >= 11 is 0. The molecule has 5 nitrogen and oxygen atoms in total. The number of aliphatic carboxylic acids is 2. The first-order chi connectivity index (χ1) is 7.43. The predicted octanol–water partition coefficient (Wildman–Crippen LogP) is 0.794. The molecule has 0 aliphatic rings. The molecule has 0 radical (unpaired) electrons. The molecule has 0 atom stereocenters. The number of halogens is 1. The number of carboxylic acid groups (broad SMARTS) is 2. The van der Waals surface area contributed by atoms with Gasteiger partial charge in [-0.1, -0.05) is 0 Å². The molecular weight excluding hydrogens is 219 g/mol. The molecule has 0 amide bonds. The van der Waals surface area contributed by atoms with Crippen molar-refractivity contribution in [1.82, 2.24) is 0 Å². The van der Waals surface area contributed by atoms with Crippen molar-refractivity contribution < 1.29 is 29.0 Å². The number of hydrogen-bond donors (Lipinski definition) is 2. The van der Waals surface area contributed by atoms with Crippen molar-refractivity contribution >= 4 is 17.7 Å². The molecular formula is C10H7FO5. The molecule has 16 heavy (non-hydrogen) atoms. The standard InChI is InChI=1S/C10H7FO5/c11-6-3-1-5(2-4-6)8(12)7(9(13)14)10(15)16/h1-4,7H,(H,13,14)(H,15,16). The van der Waals surface area contributed by atoms with E-state index >= 15 is 0 Å². The Labute approximate surface area is 89.1 Å². The number of ketones is 1. The summed E-state index contributed by atoms with van der Waals surface area (Å²) in [6.07, 6.45) is 0. The Kier molecular flexibility index (Phi) is 3.34. The Morgan fingerprint density at radius 3 is 1.81 bits per heavy atom. The lowest BCUT2D eigenvalue weighted by Gasteiger charge is -2.05. The van der Waals surface area contributed by atoms with Crippen molar-refractivity contribution in [3.8, 4) is 0 Å². The topological polar surface area (TPSA) is 91.7 Å². The molecule has 0 bridgehead atoms. The van der Waals surface area contributed by atoms with E-state index in [1.165, 1.54) is 0 Å². The molecule has 0 unspecified atom stereocenters. The minimum atomic E-state index is -2.16. The number of Topliss-reactive ketones (excluding diaryl/α,β-unsaturated/α-hetero) is 1. The fraction of sp³-hybridized carbons (Fsp3) is 0.100. The maximum Gasteiger partial charge on any atom is 0.325 e. The first-order valence-corrected chi connectivity index (χ1v) is 4.19. The molecule has 0 saturated carbocycles. The van der Waals surface area contributed by atoms with Gasteiger partial charge in [0.25, 0.3) is 0 Å². The number of benzene rings is 1. The van der Waals surface area contributed by atoms with Crippen molar-refractivity contribution in [3.05, 3.63) is 35.6 Å². The van der Waals surface area contributed by atoms with E-state index in [1.54, 1.807) is 0 Å². The van der Waals surface area contributed by atoms with Crippen LogP contribution in [0.4, 0.5) is 4.39 Å². The van der Waals surface area contributed by atoms with Crippen LogP contribution in [-0.4, -0.2) is 27.9 Å². The monoisotopic (exact) mass is 226 g/mol. The van der Waals surface area contributed by atoms with Crippen LogP contribution >= 0.6 is 0 Å². The normalized spacial score (nSPS) is 10.1. The third kappa shape index (κ3) is 2.41. The molecule has 1 rings (SSSR count). The lowest BCUT2D eigenvalue weighted by Crippen LogP contribution is -2.31. The molecule has 6 heteroatoms. The fourth-order valence-corrected chi connectivity index (χ4v) is 1.11. The Balaban J connectivity index is 3.04. The van der Waals surface area contributed by atoms with Gasteiger partial charge in [0.15, 0.2) is 5.78 Å². The fourth-order valence-electron chi connectivity index (χ4n) is 1.11. The quantitative estimate of drug-likeness (QED) is 0.585. The highest BCUT2D eigenvalue weighted by Crippen LogP contribution is 2.11. The van der Waals surface area contributed by atoms with Gasteiger partial charge in [0, 0.05) is 5.56 Å². The second kappa shape index (κ2) is 4.52. The number of carboxylic acids is 2.